The molecule has 0 spiro atoms. The number of rotatable bonds is 2. The predicted molar refractivity (Wildman–Crippen MR) is 85.2 cm³/mol. The molecule has 0 amide bonds. The Morgan fingerprint density at radius 3 is 2.12 bits per heavy atom. The minimum atomic E-state index is -4.62. The molecule has 0 radical (unpaired) electrons. The minimum Gasteiger partial charge on any atom is -0.220 e. The van der Waals surface area contributed by atoms with Crippen molar-refractivity contribution in [2.45, 2.75) is 20.0 Å². The molecule has 1 aromatic heterocycles. The molecule has 0 aliphatic heterocycles. The van der Waals surface area contributed by atoms with Crippen molar-refractivity contribution in [2.75, 3.05) is 0 Å². The summed E-state index contributed by atoms with van der Waals surface area (Å²) in [6.07, 6.45) is -4.62. The first-order chi connectivity index (χ1) is 11.4. The molecule has 0 bridgehead atoms. The fourth-order valence-corrected chi connectivity index (χ4v) is 2.37. The molecular formula is C18H14F3N3. The largest absolute Gasteiger partial charge is 0.435 e. The van der Waals surface area contributed by atoms with Crippen LogP contribution >= 0.6 is 0 Å². The van der Waals surface area contributed by atoms with Gasteiger partial charge in [0, 0.05) is 11.1 Å². The van der Waals surface area contributed by atoms with Crippen LogP contribution in [0.2, 0.25) is 0 Å². The smallest absolute Gasteiger partial charge is 0.220 e. The van der Waals surface area contributed by atoms with Crippen molar-refractivity contribution in [2.24, 2.45) is 0 Å². The number of benzene rings is 2. The Bertz CT molecular complexity index is 871. The van der Waals surface area contributed by atoms with E-state index in [-0.39, 0.29) is 11.5 Å². The van der Waals surface area contributed by atoms with E-state index in [1.165, 1.54) is 0 Å². The summed E-state index contributed by atoms with van der Waals surface area (Å²) >= 11 is 0. The summed E-state index contributed by atoms with van der Waals surface area (Å²) in [7, 11) is 0. The molecule has 6 heteroatoms. The molecule has 3 rings (SSSR count). The fraction of sp³-hybridized carbons (Fsp3) is 0.167. The van der Waals surface area contributed by atoms with Crippen LogP contribution in [0.5, 0.6) is 0 Å². The topological polar surface area (TPSA) is 38.7 Å². The van der Waals surface area contributed by atoms with Crippen molar-refractivity contribution in [3.05, 3.63) is 65.4 Å². The first-order valence-electron chi connectivity index (χ1n) is 7.31. The summed E-state index contributed by atoms with van der Waals surface area (Å²) in [5.74, 6) is -0.0312. The second-order valence-electron chi connectivity index (χ2n) is 5.51. The van der Waals surface area contributed by atoms with E-state index in [0.29, 0.717) is 11.1 Å². The van der Waals surface area contributed by atoms with Gasteiger partial charge in [-0.2, -0.15) is 13.2 Å². The predicted octanol–water partition coefficient (Wildman–Crippen LogP) is 4.84. The molecule has 0 aliphatic rings. The Kier molecular flexibility index (Phi) is 4.05. The average molecular weight is 329 g/mol. The van der Waals surface area contributed by atoms with Crippen molar-refractivity contribution in [1.82, 2.24) is 15.2 Å². The molecule has 2 aromatic carbocycles. The standard InChI is InChI=1S/C18H14F3N3/c1-11-7-9-13(10-8-11)15-16(18(19,20)21)22-17(24-23-15)14-6-4-3-5-12(14)2/h3-10H,1-2H3. The third-order valence-corrected chi connectivity index (χ3v) is 3.67. The van der Waals surface area contributed by atoms with Crippen LogP contribution in [0, 0.1) is 13.8 Å². The summed E-state index contributed by atoms with van der Waals surface area (Å²) in [5.41, 5.74) is 1.31. The first-order valence-corrected chi connectivity index (χ1v) is 7.31. The Hall–Kier alpha value is -2.76. The SMILES string of the molecule is Cc1ccc(-c2nnc(-c3ccccc3C)nc2C(F)(F)F)cc1. The highest BCUT2D eigenvalue weighted by Crippen LogP contribution is 2.35. The average Bonchev–Trinajstić information content (AvgIpc) is 2.55. The number of halogens is 3. The van der Waals surface area contributed by atoms with Crippen molar-refractivity contribution in [1.29, 1.82) is 0 Å². The molecule has 122 valence electrons. The van der Waals surface area contributed by atoms with E-state index in [2.05, 4.69) is 15.2 Å². The van der Waals surface area contributed by atoms with E-state index < -0.39 is 11.9 Å². The third-order valence-electron chi connectivity index (χ3n) is 3.67. The van der Waals surface area contributed by atoms with Gasteiger partial charge in [0.05, 0.1) is 0 Å². The van der Waals surface area contributed by atoms with Crippen LogP contribution < -0.4 is 0 Å². The lowest BCUT2D eigenvalue weighted by molar-refractivity contribution is -0.140. The van der Waals surface area contributed by atoms with Crippen molar-refractivity contribution in [3.63, 3.8) is 0 Å². The van der Waals surface area contributed by atoms with E-state index in [4.69, 9.17) is 0 Å². The van der Waals surface area contributed by atoms with Gasteiger partial charge in [0.2, 0.25) is 0 Å². The van der Waals surface area contributed by atoms with Crippen molar-refractivity contribution >= 4 is 0 Å². The molecule has 0 unspecified atom stereocenters. The van der Waals surface area contributed by atoms with Crippen LogP contribution in [0.1, 0.15) is 16.8 Å². The summed E-state index contributed by atoms with van der Waals surface area (Å²) in [4.78, 5) is 3.78. The second-order valence-corrected chi connectivity index (χ2v) is 5.51. The van der Waals surface area contributed by atoms with Crippen LogP contribution in [-0.2, 0) is 6.18 Å². The number of aryl methyl sites for hydroxylation is 2. The molecule has 0 aliphatic carbocycles. The minimum absolute atomic E-state index is 0.0312. The highest BCUT2D eigenvalue weighted by Gasteiger charge is 2.37. The van der Waals surface area contributed by atoms with Gasteiger partial charge < -0.3 is 0 Å². The molecule has 0 fully saturated rings. The highest BCUT2D eigenvalue weighted by molar-refractivity contribution is 5.65. The van der Waals surface area contributed by atoms with Gasteiger partial charge >= 0.3 is 6.18 Å². The van der Waals surface area contributed by atoms with Gasteiger partial charge in [-0.25, -0.2) is 4.98 Å². The van der Waals surface area contributed by atoms with Gasteiger partial charge in [-0.05, 0) is 19.4 Å². The Morgan fingerprint density at radius 2 is 1.50 bits per heavy atom. The summed E-state index contributed by atoms with van der Waals surface area (Å²) < 4.78 is 40.4. The number of aromatic nitrogens is 3. The molecule has 1 heterocycles. The van der Waals surface area contributed by atoms with Gasteiger partial charge in [-0.3, -0.25) is 0 Å². The zero-order valence-electron chi connectivity index (χ0n) is 13.1. The number of hydrogen-bond acceptors (Lipinski definition) is 3. The maximum Gasteiger partial charge on any atom is 0.435 e. The third kappa shape index (κ3) is 3.13. The van der Waals surface area contributed by atoms with Gasteiger partial charge in [0.15, 0.2) is 11.5 Å². The maximum absolute atomic E-state index is 13.5. The van der Waals surface area contributed by atoms with E-state index in [0.717, 1.165) is 11.1 Å². The van der Waals surface area contributed by atoms with Gasteiger partial charge in [-0.1, -0.05) is 54.1 Å². The Balaban J connectivity index is 2.18. The summed E-state index contributed by atoms with van der Waals surface area (Å²) in [6.45, 7) is 3.65. The normalized spacial score (nSPS) is 11.5. The lowest BCUT2D eigenvalue weighted by Crippen LogP contribution is -2.14. The second kappa shape index (κ2) is 6.03. The van der Waals surface area contributed by atoms with Gasteiger partial charge in [0.1, 0.15) is 5.69 Å². The van der Waals surface area contributed by atoms with Crippen LogP contribution in [0.25, 0.3) is 22.6 Å². The molecule has 0 saturated carbocycles. The van der Waals surface area contributed by atoms with Crippen molar-refractivity contribution in [3.8, 4) is 22.6 Å². The van der Waals surface area contributed by atoms with E-state index >= 15 is 0 Å². The summed E-state index contributed by atoms with van der Waals surface area (Å²) in [5, 5.41) is 7.75. The molecule has 3 aromatic rings. The Labute approximate surface area is 137 Å². The van der Waals surface area contributed by atoms with Gasteiger partial charge in [0.25, 0.3) is 0 Å². The molecule has 0 N–H and O–H groups in total. The van der Waals surface area contributed by atoms with Crippen molar-refractivity contribution < 1.29 is 13.2 Å². The monoisotopic (exact) mass is 329 g/mol. The van der Waals surface area contributed by atoms with Crippen LogP contribution in [-0.4, -0.2) is 15.2 Å². The van der Waals surface area contributed by atoms with Crippen LogP contribution in [0.3, 0.4) is 0 Å². The zero-order chi connectivity index (χ0) is 17.3. The highest BCUT2D eigenvalue weighted by atomic mass is 19.4. The van der Waals surface area contributed by atoms with E-state index in [1.54, 1.807) is 55.5 Å². The van der Waals surface area contributed by atoms with E-state index in [1.807, 2.05) is 6.92 Å². The van der Waals surface area contributed by atoms with E-state index in [9.17, 15) is 13.2 Å². The molecule has 0 atom stereocenters. The molecule has 3 nitrogen and oxygen atoms in total. The van der Waals surface area contributed by atoms with Crippen LogP contribution in [0.4, 0.5) is 13.2 Å². The fourth-order valence-electron chi connectivity index (χ4n) is 2.37. The molecule has 24 heavy (non-hydrogen) atoms. The lowest BCUT2D eigenvalue weighted by atomic mass is 10.1. The Morgan fingerprint density at radius 1 is 0.833 bits per heavy atom. The van der Waals surface area contributed by atoms with Gasteiger partial charge in [-0.15, -0.1) is 10.2 Å². The molecule has 0 saturated heterocycles. The lowest BCUT2D eigenvalue weighted by Gasteiger charge is -2.12. The quantitative estimate of drug-likeness (QED) is 0.675. The number of nitrogens with zero attached hydrogens (tertiary/aromatic N) is 3. The number of hydrogen-bond donors (Lipinski definition) is 0. The van der Waals surface area contributed by atoms with Crippen LogP contribution in [0.15, 0.2) is 48.5 Å². The summed E-state index contributed by atoms with van der Waals surface area (Å²) in [6, 6.07) is 13.6. The number of alkyl halides is 3. The zero-order valence-corrected chi connectivity index (χ0v) is 13.1. The maximum atomic E-state index is 13.5. The molecular weight excluding hydrogens is 315 g/mol. The first kappa shape index (κ1) is 16.1.